The lowest BCUT2D eigenvalue weighted by atomic mass is 9.95. The Morgan fingerprint density at radius 2 is 2.23 bits per heavy atom. The van der Waals surface area contributed by atoms with Crippen molar-refractivity contribution in [2.45, 2.75) is 31.9 Å². The average Bonchev–Trinajstić information content (AvgIpc) is 2.56. The second kappa shape index (κ2) is 6.71. The summed E-state index contributed by atoms with van der Waals surface area (Å²) in [6.45, 7) is 2.64. The second-order valence-electron chi connectivity index (χ2n) is 5.59. The van der Waals surface area contributed by atoms with Crippen LogP contribution in [0.4, 0.5) is 0 Å². The Bertz CT molecular complexity index is 643. The molecule has 1 aliphatic heterocycles. The quantitative estimate of drug-likeness (QED) is 0.943. The molecule has 3 rings (SSSR count). The number of nitrogens with zero attached hydrogens (tertiary/aromatic N) is 1. The number of aromatic nitrogens is 1. The first kappa shape index (κ1) is 14.7. The van der Waals surface area contributed by atoms with E-state index in [1.165, 1.54) is 5.56 Å². The summed E-state index contributed by atoms with van der Waals surface area (Å²) in [6.07, 6.45) is 4.62. The molecule has 0 spiro atoms. The Kier molecular flexibility index (Phi) is 4.49. The van der Waals surface area contributed by atoms with Crippen molar-refractivity contribution in [1.29, 1.82) is 0 Å². The number of hydrogen-bond donors (Lipinski definition) is 1. The molecule has 2 heterocycles. The molecule has 2 atom stereocenters. The van der Waals surface area contributed by atoms with E-state index in [1.54, 1.807) is 12.4 Å². The summed E-state index contributed by atoms with van der Waals surface area (Å²) in [7, 11) is 0. The largest absolute Gasteiger partial charge is 0.373 e. The second-order valence-corrected chi connectivity index (χ2v) is 5.59. The minimum absolute atomic E-state index is 0.00180. The van der Waals surface area contributed by atoms with Crippen molar-refractivity contribution < 1.29 is 9.53 Å². The maximum absolute atomic E-state index is 12.3. The summed E-state index contributed by atoms with van der Waals surface area (Å²) >= 11 is 0. The molecule has 22 heavy (non-hydrogen) atoms. The molecular weight excluding hydrogens is 276 g/mol. The van der Waals surface area contributed by atoms with Crippen LogP contribution in [0.3, 0.4) is 0 Å². The standard InChI is InChI=1S/C18H20N2O2/c1-13(15-6-4-9-19-12-15)20-18(21)11-17-16-7-3-2-5-14(16)8-10-22-17/h2-7,9,12-13,17H,8,10-11H2,1H3,(H,20,21)/t13-,17-/m1/s1. The highest BCUT2D eigenvalue weighted by Crippen LogP contribution is 2.29. The number of nitrogens with one attached hydrogen (secondary N) is 1. The van der Waals surface area contributed by atoms with Crippen molar-refractivity contribution in [2.75, 3.05) is 6.61 Å². The van der Waals surface area contributed by atoms with Gasteiger partial charge >= 0.3 is 0 Å². The number of ether oxygens (including phenoxy) is 1. The third kappa shape index (κ3) is 3.34. The molecule has 114 valence electrons. The zero-order valence-electron chi connectivity index (χ0n) is 12.7. The first-order chi connectivity index (χ1) is 10.7. The van der Waals surface area contributed by atoms with Crippen LogP contribution in [0.2, 0.25) is 0 Å². The van der Waals surface area contributed by atoms with Crippen LogP contribution in [0.15, 0.2) is 48.8 Å². The van der Waals surface area contributed by atoms with Crippen LogP contribution in [0.1, 0.15) is 42.2 Å². The van der Waals surface area contributed by atoms with E-state index >= 15 is 0 Å². The number of pyridine rings is 1. The Labute approximate surface area is 130 Å². The maximum atomic E-state index is 12.3. The fraction of sp³-hybridized carbons (Fsp3) is 0.333. The van der Waals surface area contributed by atoms with Crippen molar-refractivity contribution in [3.05, 3.63) is 65.5 Å². The van der Waals surface area contributed by atoms with Crippen LogP contribution in [-0.4, -0.2) is 17.5 Å². The summed E-state index contributed by atoms with van der Waals surface area (Å²) in [6, 6.07) is 12.0. The molecule has 1 N–H and O–H groups in total. The van der Waals surface area contributed by atoms with E-state index in [0.29, 0.717) is 13.0 Å². The van der Waals surface area contributed by atoms with Gasteiger partial charge in [0.1, 0.15) is 0 Å². The zero-order valence-corrected chi connectivity index (χ0v) is 12.7. The van der Waals surface area contributed by atoms with E-state index < -0.39 is 0 Å². The molecule has 0 bridgehead atoms. The molecule has 4 heteroatoms. The van der Waals surface area contributed by atoms with Crippen LogP contribution < -0.4 is 5.32 Å². The van der Waals surface area contributed by atoms with E-state index in [9.17, 15) is 4.79 Å². The monoisotopic (exact) mass is 296 g/mol. The van der Waals surface area contributed by atoms with E-state index in [2.05, 4.69) is 22.4 Å². The number of hydrogen-bond acceptors (Lipinski definition) is 3. The van der Waals surface area contributed by atoms with Crippen molar-refractivity contribution in [2.24, 2.45) is 0 Å². The van der Waals surface area contributed by atoms with Gasteiger partial charge in [-0.15, -0.1) is 0 Å². The Morgan fingerprint density at radius 1 is 1.36 bits per heavy atom. The van der Waals surface area contributed by atoms with Crippen LogP contribution in [0.5, 0.6) is 0 Å². The lowest BCUT2D eigenvalue weighted by Gasteiger charge is -2.26. The molecule has 2 aromatic rings. The highest BCUT2D eigenvalue weighted by molar-refractivity contribution is 5.77. The Balaban J connectivity index is 1.63. The van der Waals surface area contributed by atoms with Gasteiger partial charge in [0.25, 0.3) is 0 Å². The van der Waals surface area contributed by atoms with Gasteiger partial charge in [-0.2, -0.15) is 0 Å². The molecule has 1 amide bonds. The third-order valence-electron chi connectivity index (χ3n) is 4.03. The van der Waals surface area contributed by atoms with Crippen molar-refractivity contribution in [3.8, 4) is 0 Å². The topological polar surface area (TPSA) is 51.2 Å². The van der Waals surface area contributed by atoms with Gasteiger partial charge in [0.05, 0.1) is 25.2 Å². The normalized spacial score (nSPS) is 18.3. The molecule has 1 aliphatic rings. The number of fused-ring (bicyclic) bond motifs is 1. The first-order valence-electron chi connectivity index (χ1n) is 7.62. The predicted molar refractivity (Wildman–Crippen MR) is 84.3 cm³/mol. The lowest BCUT2D eigenvalue weighted by molar-refractivity contribution is -0.125. The summed E-state index contributed by atoms with van der Waals surface area (Å²) in [5.41, 5.74) is 3.42. The van der Waals surface area contributed by atoms with Crippen molar-refractivity contribution >= 4 is 5.91 Å². The van der Waals surface area contributed by atoms with Crippen LogP contribution in [-0.2, 0) is 16.0 Å². The van der Waals surface area contributed by atoms with Gasteiger partial charge < -0.3 is 10.1 Å². The fourth-order valence-corrected chi connectivity index (χ4v) is 2.83. The molecule has 0 unspecified atom stereocenters. The van der Waals surface area contributed by atoms with E-state index in [4.69, 9.17) is 4.74 Å². The molecular formula is C18H20N2O2. The van der Waals surface area contributed by atoms with Crippen LogP contribution in [0, 0.1) is 0 Å². The summed E-state index contributed by atoms with van der Waals surface area (Å²) in [5, 5.41) is 3.02. The lowest BCUT2D eigenvalue weighted by Crippen LogP contribution is -2.29. The highest BCUT2D eigenvalue weighted by atomic mass is 16.5. The fourth-order valence-electron chi connectivity index (χ4n) is 2.83. The smallest absolute Gasteiger partial charge is 0.223 e. The van der Waals surface area contributed by atoms with E-state index in [0.717, 1.165) is 17.5 Å². The third-order valence-corrected chi connectivity index (χ3v) is 4.03. The molecule has 0 saturated carbocycles. The van der Waals surface area contributed by atoms with E-state index in [-0.39, 0.29) is 18.1 Å². The van der Waals surface area contributed by atoms with Gasteiger partial charge in [-0.3, -0.25) is 9.78 Å². The summed E-state index contributed by atoms with van der Waals surface area (Å²) < 4.78 is 5.79. The number of benzene rings is 1. The van der Waals surface area contributed by atoms with Crippen molar-refractivity contribution in [3.63, 3.8) is 0 Å². The maximum Gasteiger partial charge on any atom is 0.223 e. The van der Waals surface area contributed by atoms with E-state index in [1.807, 2.05) is 31.2 Å². The highest BCUT2D eigenvalue weighted by Gasteiger charge is 2.23. The van der Waals surface area contributed by atoms with Gasteiger partial charge in [-0.25, -0.2) is 0 Å². The average molecular weight is 296 g/mol. The molecule has 1 aromatic carbocycles. The van der Waals surface area contributed by atoms with Gasteiger partial charge in [0.15, 0.2) is 0 Å². The Morgan fingerprint density at radius 3 is 3.05 bits per heavy atom. The molecule has 0 aliphatic carbocycles. The van der Waals surface area contributed by atoms with Gasteiger partial charge in [-0.1, -0.05) is 30.3 Å². The first-order valence-corrected chi connectivity index (χ1v) is 7.62. The summed E-state index contributed by atoms with van der Waals surface area (Å²) in [5.74, 6) is -0.00180. The SMILES string of the molecule is C[C@@H](NC(=O)C[C@H]1OCCc2ccccc21)c1cccnc1. The van der Waals surface area contributed by atoms with Crippen LogP contribution in [0.25, 0.3) is 0 Å². The Hall–Kier alpha value is -2.20. The van der Waals surface area contributed by atoms with Gasteiger partial charge in [0, 0.05) is 12.4 Å². The molecule has 1 aromatic heterocycles. The molecule has 0 radical (unpaired) electrons. The minimum atomic E-state index is -0.147. The summed E-state index contributed by atoms with van der Waals surface area (Å²) in [4.78, 5) is 16.4. The van der Waals surface area contributed by atoms with Crippen LogP contribution >= 0.6 is 0 Å². The minimum Gasteiger partial charge on any atom is -0.373 e. The van der Waals surface area contributed by atoms with Crippen molar-refractivity contribution in [1.82, 2.24) is 10.3 Å². The number of rotatable bonds is 4. The molecule has 0 saturated heterocycles. The predicted octanol–water partition coefficient (Wildman–Crippen LogP) is 2.96. The molecule has 0 fully saturated rings. The van der Waals surface area contributed by atoms with Gasteiger partial charge in [-0.05, 0) is 36.1 Å². The van der Waals surface area contributed by atoms with Gasteiger partial charge in [0.2, 0.25) is 5.91 Å². The number of amides is 1. The number of carbonyl (C=O) groups excluding carboxylic acids is 1. The molecule has 4 nitrogen and oxygen atoms in total. The number of carbonyl (C=O) groups is 1. The zero-order chi connectivity index (χ0) is 15.4.